The van der Waals surface area contributed by atoms with Gasteiger partial charge >= 0.3 is 0 Å². The van der Waals surface area contributed by atoms with Gasteiger partial charge in [-0.15, -0.1) is 0 Å². The second-order valence-electron chi connectivity index (χ2n) is 2.50. The van der Waals surface area contributed by atoms with Crippen molar-refractivity contribution in [2.24, 2.45) is 0 Å². The normalized spacial score (nSPS) is 15.0. The van der Waals surface area contributed by atoms with Crippen molar-refractivity contribution in [2.75, 3.05) is 0 Å². The molecule has 70 valence electrons. The molecule has 0 atom stereocenters. The van der Waals surface area contributed by atoms with Gasteiger partial charge in [0.25, 0.3) is 5.56 Å². The van der Waals surface area contributed by atoms with Gasteiger partial charge in [0.1, 0.15) is 0 Å². The number of hydrogen-bond acceptors (Lipinski definition) is 2. The Hall–Kier alpha value is -1.68. The second-order valence-corrected chi connectivity index (χ2v) is 2.91. The van der Waals surface area contributed by atoms with E-state index in [0.717, 1.165) is 6.07 Å². The van der Waals surface area contributed by atoms with Gasteiger partial charge in [0.2, 0.25) is 0 Å². The minimum Gasteiger partial charge on any atom is -0.332 e. The summed E-state index contributed by atoms with van der Waals surface area (Å²) in [7, 11) is 0. The lowest BCUT2D eigenvalue weighted by molar-refractivity contribution is 1.09. The molecule has 0 spiro atoms. The predicted molar refractivity (Wildman–Crippen MR) is 57.7 cm³/mol. The average Bonchev–Trinajstić information content (AvgIpc) is 2.33. The number of nitrogens with one attached hydrogen (secondary N) is 2. The van der Waals surface area contributed by atoms with Crippen molar-refractivity contribution >= 4 is 12.2 Å². The largest absolute Gasteiger partial charge is 0.332 e. The average molecular weight is 209 g/mol. The van der Waals surface area contributed by atoms with E-state index in [1.165, 1.54) is 0 Å². The number of rotatable bonds is 1. The Balaban J connectivity index is 2.90. The van der Waals surface area contributed by atoms with E-state index in [9.17, 15) is 4.79 Å². The first kappa shape index (κ1) is 4.70. The highest BCUT2D eigenvalue weighted by molar-refractivity contribution is 7.71. The molecule has 1 aromatic heterocycles. The van der Waals surface area contributed by atoms with Crippen molar-refractivity contribution in [1.29, 1.82) is 0 Å². The molecule has 0 saturated heterocycles. The highest BCUT2D eigenvalue weighted by Crippen LogP contribution is 2.12. The van der Waals surface area contributed by atoms with Crippen LogP contribution < -0.4 is 5.56 Å². The van der Waals surface area contributed by atoms with Gasteiger partial charge in [-0.2, -0.15) is 0 Å². The van der Waals surface area contributed by atoms with Gasteiger partial charge in [0.15, 0.2) is 4.77 Å². The smallest absolute Gasteiger partial charge is 0.252 e. The Morgan fingerprint density at radius 3 is 2.57 bits per heavy atom. The third-order valence-electron chi connectivity index (χ3n) is 1.53. The summed E-state index contributed by atoms with van der Waals surface area (Å²) < 4.78 is 38.2. The van der Waals surface area contributed by atoms with Crippen LogP contribution in [0.3, 0.4) is 0 Å². The maximum Gasteiger partial charge on any atom is 0.252 e. The van der Waals surface area contributed by atoms with Crippen LogP contribution in [0.15, 0.2) is 41.1 Å². The summed E-state index contributed by atoms with van der Waals surface area (Å²) in [6.07, 6.45) is 0. The van der Waals surface area contributed by atoms with E-state index >= 15 is 0 Å². The Kier molecular flexibility index (Phi) is 1.21. The molecule has 1 heterocycles. The van der Waals surface area contributed by atoms with Crippen molar-refractivity contribution < 1.29 is 6.85 Å². The summed E-state index contributed by atoms with van der Waals surface area (Å²) in [5, 5.41) is 0. The molecule has 3 nitrogen and oxygen atoms in total. The van der Waals surface area contributed by atoms with Gasteiger partial charge in [0.05, 0.1) is 12.5 Å². The summed E-state index contributed by atoms with van der Waals surface area (Å²) in [6, 6.07) is -1.08. The molecular formula is C10H8N2OS. The van der Waals surface area contributed by atoms with E-state index in [1.54, 1.807) is 0 Å². The zero-order valence-electron chi connectivity index (χ0n) is 11.9. The van der Waals surface area contributed by atoms with Gasteiger partial charge in [-0.05, 0) is 17.8 Å². The Labute approximate surface area is 92.5 Å². The molecule has 4 heteroatoms. The van der Waals surface area contributed by atoms with Crippen molar-refractivity contribution in [3.05, 3.63) is 51.4 Å². The van der Waals surface area contributed by atoms with Crippen LogP contribution in [-0.2, 0) is 0 Å². The molecule has 2 rings (SSSR count). The Bertz CT molecular complexity index is 725. The van der Waals surface area contributed by atoms with Gasteiger partial charge in [-0.25, -0.2) is 0 Å². The fourth-order valence-electron chi connectivity index (χ4n) is 0.988. The zero-order valence-corrected chi connectivity index (χ0v) is 7.71. The van der Waals surface area contributed by atoms with Crippen molar-refractivity contribution in [1.82, 2.24) is 9.97 Å². The summed E-state index contributed by atoms with van der Waals surface area (Å²) in [5.41, 5.74) is -0.500. The number of hydrogen-bond donors (Lipinski definition) is 2. The number of aromatic nitrogens is 2. The van der Waals surface area contributed by atoms with E-state index in [-0.39, 0.29) is 28.1 Å². The molecule has 0 aliphatic rings. The summed E-state index contributed by atoms with van der Waals surface area (Å²) in [6.45, 7) is 0. The van der Waals surface area contributed by atoms with E-state index in [2.05, 4.69) is 9.97 Å². The van der Waals surface area contributed by atoms with Crippen LogP contribution in [0.1, 0.15) is 6.85 Å². The molecule has 0 fully saturated rings. The molecule has 0 aliphatic carbocycles. The lowest BCUT2D eigenvalue weighted by atomic mass is 10.1. The van der Waals surface area contributed by atoms with Gasteiger partial charge in [-0.1, -0.05) is 30.2 Å². The third kappa shape index (κ3) is 1.80. The van der Waals surface area contributed by atoms with Crippen LogP contribution in [0.4, 0.5) is 0 Å². The molecule has 0 radical (unpaired) electrons. The van der Waals surface area contributed by atoms with Crippen LogP contribution in [0.2, 0.25) is 0 Å². The monoisotopic (exact) mass is 209 g/mol. The van der Waals surface area contributed by atoms with E-state index in [0.29, 0.717) is 0 Å². The highest BCUT2D eigenvalue weighted by atomic mass is 32.1. The first-order valence-electron chi connectivity index (χ1n) is 6.24. The van der Waals surface area contributed by atoms with Gasteiger partial charge in [-0.3, -0.25) is 9.78 Å². The number of aromatic amines is 2. The summed E-state index contributed by atoms with van der Waals surface area (Å²) in [5.74, 6) is 0. The first-order valence-corrected chi connectivity index (χ1v) is 4.14. The molecule has 0 amide bonds. The highest BCUT2D eigenvalue weighted by Gasteiger charge is 1.97. The maximum absolute atomic E-state index is 11.3. The zero-order chi connectivity index (χ0) is 14.3. The number of H-pyrrole nitrogens is 2. The lowest BCUT2D eigenvalue weighted by Gasteiger charge is -1.99. The molecule has 0 saturated carbocycles. The molecule has 2 N–H and O–H groups in total. The van der Waals surface area contributed by atoms with Gasteiger partial charge in [0, 0.05) is 6.07 Å². The second kappa shape index (κ2) is 3.59. The minimum atomic E-state index is -0.509. The van der Waals surface area contributed by atoms with Crippen LogP contribution in [0.25, 0.3) is 11.3 Å². The Morgan fingerprint density at radius 2 is 1.93 bits per heavy atom. The molecule has 0 bridgehead atoms. The topological polar surface area (TPSA) is 48.6 Å². The van der Waals surface area contributed by atoms with Crippen molar-refractivity contribution in [2.45, 2.75) is 0 Å². The van der Waals surface area contributed by atoms with E-state index in [4.69, 9.17) is 19.1 Å². The minimum absolute atomic E-state index is 0.0225. The molecule has 1 aromatic carbocycles. The first-order chi connectivity index (χ1) is 8.82. The molecule has 0 unspecified atom stereocenters. The number of benzene rings is 1. The molecular weight excluding hydrogens is 196 g/mol. The molecule has 2 aromatic rings. The van der Waals surface area contributed by atoms with Crippen molar-refractivity contribution in [3.63, 3.8) is 0 Å². The van der Waals surface area contributed by atoms with Crippen LogP contribution in [0, 0.1) is 4.77 Å². The SMILES string of the molecule is [2H]c1c([2H])c([2H])c(-c2cc(=O)[nH]c(=S)[nH]2)c([2H])c1[2H]. The van der Waals surface area contributed by atoms with Crippen LogP contribution in [0.5, 0.6) is 0 Å². The van der Waals surface area contributed by atoms with E-state index < -0.39 is 23.7 Å². The van der Waals surface area contributed by atoms with Gasteiger partial charge < -0.3 is 4.98 Å². The Morgan fingerprint density at radius 1 is 1.21 bits per heavy atom. The van der Waals surface area contributed by atoms with Crippen molar-refractivity contribution in [3.8, 4) is 11.3 Å². The standard InChI is InChI=1S/C10H8N2OS/c13-9-6-8(11-10(14)12-9)7-4-2-1-3-5-7/h1-6H,(H2,11,12,13,14)/i1D,2D,3D,4D,5D. The van der Waals surface area contributed by atoms with Crippen LogP contribution in [-0.4, -0.2) is 9.97 Å². The lowest BCUT2D eigenvalue weighted by Crippen LogP contribution is -2.06. The maximum atomic E-state index is 11.3. The quantitative estimate of drug-likeness (QED) is 0.707. The van der Waals surface area contributed by atoms with E-state index in [1.807, 2.05) is 0 Å². The summed E-state index contributed by atoms with van der Waals surface area (Å²) >= 11 is 4.80. The molecule has 14 heavy (non-hydrogen) atoms. The summed E-state index contributed by atoms with van der Waals surface area (Å²) in [4.78, 5) is 16.3. The molecule has 0 aliphatic heterocycles. The fourth-order valence-corrected chi connectivity index (χ4v) is 1.20. The predicted octanol–water partition coefficient (Wildman–Crippen LogP) is 2.10. The van der Waals surface area contributed by atoms with Crippen LogP contribution >= 0.6 is 12.2 Å². The fraction of sp³-hybridized carbons (Fsp3) is 0. The third-order valence-corrected chi connectivity index (χ3v) is 1.73.